The van der Waals surface area contributed by atoms with Crippen LogP contribution in [0.3, 0.4) is 0 Å². The molecule has 0 atom stereocenters. The number of hydrogen-bond acceptors (Lipinski definition) is 1. The Balaban J connectivity index is 1.21. The Kier molecular flexibility index (Phi) is 6.91. The molecule has 9 aromatic rings. The molecule has 0 spiro atoms. The Morgan fingerprint density at radius 1 is 0.365 bits per heavy atom. The number of fused-ring (bicyclic) bond motifs is 6. The van der Waals surface area contributed by atoms with Gasteiger partial charge < -0.3 is 4.90 Å². The lowest BCUT2D eigenvalue weighted by atomic mass is 9.81. The molecule has 1 heteroatoms. The monoisotopic (exact) mass is 663 g/mol. The fraction of sp³-hybridized carbons (Fsp3) is 0.0588. The van der Waals surface area contributed by atoms with Gasteiger partial charge in [-0.2, -0.15) is 0 Å². The van der Waals surface area contributed by atoms with Crippen LogP contribution in [0.25, 0.3) is 65.7 Å². The molecule has 0 heterocycles. The second-order valence-corrected chi connectivity index (χ2v) is 14.6. The van der Waals surface area contributed by atoms with Gasteiger partial charge in [-0.1, -0.05) is 153 Å². The smallest absolute Gasteiger partial charge is 0.0546 e. The van der Waals surface area contributed by atoms with E-state index in [1.54, 1.807) is 0 Å². The maximum atomic E-state index is 2.47. The number of hydrogen-bond donors (Lipinski definition) is 0. The van der Waals surface area contributed by atoms with Crippen molar-refractivity contribution in [3.05, 3.63) is 199 Å². The summed E-state index contributed by atoms with van der Waals surface area (Å²) in [6.07, 6.45) is 0. The summed E-state index contributed by atoms with van der Waals surface area (Å²) in [4.78, 5) is 2.47. The highest BCUT2D eigenvalue weighted by Crippen LogP contribution is 2.53. The van der Waals surface area contributed by atoms with Crippen LogP contribution in [0.2, 0.25) is 0 Å². The van der Waals surface area contributed by atoms with Crippen LogP contribution in [-0.4, -0.2) is 0 Å². The molecule has 246 valence electrons. The van der Waals surface area contributed by atoms with Crippen LogP contribution in [0.5, 0.6) is 0 Å². The highest BCUT2D eigenvalue weighted by Gasteiger charge is 2.36. The zero-order valence-electron chi connectivity index (χ0n) is 29.3. The fourth-order valence-electron chi connectivity index (χ4n) is 8.50. The van der Waals surface area contributed by atoms with Gasteiger partial charge in [0.05, 0.1) is 5.69 Å². The van der Waals surface area contributed by atoms with Crippen molar-refractivity contribution < 1.29 is 0 Å². The summed E-state index contributed by atoms with van der Waals surface area (Å²) in [5, 5.41) is 7.52. The normalized spacial score (nSPS) is 13.0. The van der Waals surface area contributed by atoms with Gasteiger partial charge in [-0.05, 0) is 120 Å². The quantitative estimate of drug-likeness (QED) is 0.177. The van der Waals surface area contributed by atoms with E-state index in [1.807, 2.05) is 0 Å². The van der Waals surface area contributed by atoms with Crippen LogP contribution in [0.15, 0.2) is 188 Å². The SMILES string of the molecule is CC1(C)c2cc(N(c3ccc(-c4ccccc4)cc3)c3ccc4ccccc4c3-c3ccc4ccccc4c3)ccc2-c2cc3ccccc3cc21. The average molecular weight is 664 g/mol. The Hall–Kier alpha value is -6.44. The molecular formula is C51H37N. The first-order chi connectivity index (χ1) is 25.5. The van der Waals surface area contributed by atoms with Crippen LogP contribution in [-0.2, 0) is 5.41 Å². The standard InChI is InChI=1S/C51H37N/c1-51(2)47-32-40-18-9-8-17-39(40)31-46(47)45-28-27-43(33-48(45)51)52(42-25-22-36(23-26-42)34-12-4-3-5-13-34)49-29-24-37-15-10-11-19-44(37)50(49)41-21-20-35-14-6-7-16-38(35)30-41/h3-33H,1-2H3. The number of benzene rings is 9. The minimum Gasteiger partial charge on any atom is -0.310 e. The van der Waals surface area contributed by atoms with Crippen LogP contribution in [0.4, 0.5) is 17.1 Å². The minimum absolute atomic E-state index is 0.155. The van der Waals surface area contributed by atoms with E-state index in [0.717, 1.165) is 17.1 Å². The first-order valence-electron chi connectivity index (χ1n) is 18.2. The molecule has 0 radical (unpaired) electrons. The van der Waals surface area contributed by atoms with Crippen molar-refractivity contribution in [2.24, 2.45) is 0 Å². The van der Waals surface area contributed by atoms with Gasteiger partial charge in [-0.25, -0.2) is 0 Å². The molecule has 0 amide bonds. The molecule has 9 aromatic carbocycles. The van der Waals surface area contributed by atoms with E-state index in [-0.39, 0.29) is 5.41 Å². The van der Waals surface area contributed by atoms with E-state index in [0.29, 0.717) is 0 Å². The molecule has 0 fully saturated rings. The van der Waals surface area contributed by atoms with Crippen molar-refractivity contribution >= 4 is 49.4 Å². The van der Waals surface area contributed by atoms with Gasteiger partial charge in [-0.3, -0.25) is 0 Å². The lowest BCUT2D eigenvalue weighted by Gasteiger charge is -2.30. The third-order valence-corrected chi connectivity index (χ3v) is 11.2. The maximum absolute atomic E-state index is 2.47. The maximum Gasteiger partial charge on any atom is 0.0546 e. The number of rotatable bonds is 5. The molecule has 10 rings (SSSR count). The van der Waals surface area contributed by atoms with Gasteiger partial charge in [0.1, 0.15) is 0 Å². The predicted octanol–water partition coefficient (Wildman–Crippen LogP) is 14.3. The molecular weight excluding hydrogens is 627 g/mol. The van der Waals surface area contributed by atoms with Crippen molar-refractivity contribution in [1.29, 1.82) is 0 Å². The lowest BCUT2D eigenvalue weighted by Crippen LogP contribution is -2.17. The van der Waals surface area contributed by atoms with Crippen LogP contribution in [0, 0.1) is 0 Å². The van der Waals surface area contributed by atoms with Crippen molar-refractivity contribution in [3.63, 3.8) is 0 Å². The predicted molar refractivity (Wildman–Crippen MR) is 222 cm³/mol. The summed E-state index contributed by atoms with van der Waals surface area (Å²) in [5.41, 5.74) is 13.5. The van der Waals surface area contributed by atoms with Crippen LogP contribution >= 0.6 is 0 Å². The molecule has 0 aromatic heterocycles. The lowest BCUT2D eigenvalue weighted by molar-refractivity contribution is 0.661. The van der Waals surface area contributed by atoms with E-state index in [9.17, 15) is 0 Å². The fourth-order valence-corrected chi connectivity index (χ4v) is 8.50. The molecule has 1 nitrogen and oxygen atoms in total. The van der Waals surface area contributed by atoms with E-state index in [4.69, 9.17) is 0 Å². The second kappa shape index (κ2) is 11.8. The Bertz CT molecular complexity index is 2810. The first-order valence-corrected chi connectivity index (χ1v) is 18.2. The van der Waals surface area contributed by atoms with Gasteiger partial charge >= 0.3 is 0 Å². The largest absolute Gasteiger partial charge is 0.310 e. The molecule has 0 bridgehead atoms. The summed E-state index contributed by atoms with van der Waals surface area (Å²) in [6, 6.07) is 69.3. The molecule has 0 aliphatic heterocycles. The first kappa shape index (κ1) is 30.4. The van der Waals surface area contributed by atoms with Gasteiger partial charge in [-0.15, -0.1) is 0 Å². The van der Waals surface area contributed by atoms with Gasteiger partial charge in [0.25, 0.3) is 0 Å². The number of anilines is 3. The summed E-state index contributed by atoms with van der Waals surface area (Å²) in [5.74, 6) is 0. The van der Waals surface area contributed by atoms with E-state index >= 15 is 0 Å². The summed E-state index contributed by atoms with van der Waals surface area (Å²) < 4.78 is 0. The van der Waals surface area contributed by atoms with Crippen molar-refractivity contribution in [2.45, 2.75) is 19.3 Å². The molecule has 1 aliphatic carbocycles. The summed E-state index contributed by atoms with van der Waals surface area (Å²) in [7, 11) is 0. The van der Waals surface area contributed by atoms with E-state index in [1.165, 1.54) is 76.8 Å². The third-order valence-electron chi connectivity index (χ3n) is 11.2. The zero-order chi connectivity index (χ0) is 34.8. The van der Waals surface area contributed by atoms with Crippen molar-refractivity contribution in [1.82, 2.24) is 0 Å². The van der Waals surface area contributed by atoms with Crippen LogP contribution in [0.1, 0.15) is 25.0 Å². The second-order valence-electron chi connectivity index (χ2n) is 14.6. The van der Waals surface area contributed by atoms with Crippen LogP contribution < -0.4 is 4.90 Å². The summed E-state index contributed by atoms with van der Waals surface area (Å²) >= 11 is 0. The molecule has 0 saturated carbocycles. The molecule has 0 unspecified atom stereocenters. The molecule has 0 saturated heterocycles. The Labute approximate surface area is 305 Å². The molecule has 52 heavy (non-hydrogen) atoms. The highest BCUT2D eigenvalue weighted by atomic mass is 15.1. The summed E-state index contributed by atoms with van der Waals surface area (Å²) in [6.45, 7) is 4.76. The van der Waals surface area contributed by atoms with E-state index in [2.05, 4.69) is 207 Å². The zero-order valence-corrected chi connectivity index (χ0v) is 29.3. The third kappa shape index (κ3) is 4.85. The van der Waals surface area contributed by atoms with Gasteiger partial charge in [0.2, 0.25) is 0 Å². The topological polar surface area (TPSA) is 3.24 Å². The van der Waals surface area contributed by atoms with Gasteiger partial charge in [0.15, 0.2) is 0 Å². The van der Waals surface area contributed by atoms with Crippen molar-refractivity contribution in [3.8, 4) is 33.4 Å². The minimum atomic E-state index is -0.155. The number of nitrogens with zero attached hydrogens (tertiary/aromatic N) is 1. The van der Waals surface area contributed by atoms with E-state index < -0.39 is 0 Å². The van der Waals surface area contributed by atoms with Gasteiger partial charge in [0, 0.05) is 22.4 Å². The Morgan fingerprint density at radius 3 is 1.69 bits per heavy atom. The Morgan fingerprint density at radius 2 is 0.923 bits per heavy atom. The molecule has 0 N–H and O–H groups in total. The average Bonchev–Trinajstić information content (AvgIpc) is 3.42. The highest BCUT2D eigenvalue weighted by molar-refractivity contribution is 6.07. The molecule has 1 aliphatic rings. The van der Waals surface area contributed by atoms with Crippen molar-refractivity contribution in [2.75, 3.05) is 4.90 Å².